The van der Waals surface area contributed by atoms with Crippen molar-refractivity contribution in [2.75, 3.05) is 17.1 Å². The quantitative estimate of drug-likeness (QED) is 0.758. The van der Waals surface area contributed by atoms with Crippen LogP contribution >= 0.6 is 15.9 Å². The second-order valence-corrected chi connectivity index (χ2v) is 6.95. The summed E-state index contributed by atoms with van der Waals surface area (Å²) in [6.07, 6.45) is 0. The van der Waals surface area contributed by atoms with Gasteiger partial charge < -0.3 is 10.6 Å². The predicted molar refractivity (Wildman–Crippen MR) is 89.5 cm³/mol. The van der Waals surface area contributed by atoms with E-state index in [4.69, 9.17) is 0 Å². The molecule has 2 amide bonds. The molecular formula is C14H14BrN3O3S. The van der Waals surface area contributed by atoms with Crippen LogP contribution in [0.1, 0.15) is 0 Å². The molecule has 6 nitrogen and oxygen atoms in total. The zero-order valence-electron chi connectivity index (χ0n) is 11.6. The summed E-state index contributed by atoms with van der Waals surface area (Å²) >= 11 is 3.24. The minimum Gasteiger partial charge on any atom is -0.341 e. The zero-order chi connectivity index (χ0) is 16.2. The maximum atomic E-state index is 12.3. The second kappa shape index (κ2) is 6.80. The molecule has 2 rings (SSSR count). The van der Waals surface area contributed by atoms with Crippen molar-refractivity contribution in [2.24, 2.45) is 0 Å². The van der Waals surface area contributed by atoms with Crippen LogP contribution in [0.5, 0.6) is 0 Å². The van der Waals surface area contributed by atoms with Crippen LogP contribution in [0.15, 0.2) is 57.9 Å². The van der Waals surface area contributed by atoms with Crippen LogP contribution in [0.4, 0.5) is 16.2 Å². The van der Waals surface area contributed by atoms with E-state index < -0.39 is 10.0 Å². The van der Waals surface area contributed by atoms with Crippen LogP contribution < -0.4 is 15.4 Å². The van der Waals surface area contributed by atoms with Crippen molar-refractivity contribution in [1.82, 2.24) is 5.32 Å². The van der Waals surface area contributed by atoms with Crippen LogP contribution in [0, 0.1) is 0 Å². The van der Waals surface area contributed by atoms with E-state index in [1.54, 1.807) is 30.3 Å². The fourth-order valence-electron chi connectivity index (χ4n) is 1.70. The van der Waals surface area contributed by atoms with Crippen molar-refractivity contribution in [2.45, 2.75) is 4.90 Å². The smallest absolute Gasteiger partial charge is 0.318 e. The van der Waals surface area contributed by atoms with Crippen LogP contribution in [0.3, 0.4) is 0 Å². The van der Waals surface area contributed by atoms with Crippen molar-refractivity contribution >= 4 is 43.4 Å². The van der Waals surface area contributed by atoms with Gasteiger partial charge in [0.05, 0.1) is 10.6 Å². The fourth-order valence-corrected chi connectivity index (χ4v) is 3.35. The molecule has 0 aliphatic rings. The number of carbonyl (C=O) groups is 1. The van der Waals surface area contributed by atoms with Gasteiger partial charge in [0.1, 0.15) is 0 Å². The molecule has 2 aromatic carbocycles. The number of carbonyl (C=O) groups excluding carboxylic acids is 1. The highest BCUT2D eigenvalue weighted by Gasteiger charge is 2.14. The molecule has 0 unspecified atom stereocenters. The number of halogens is 1. The molecule has 0 radical (unpaired) electrons. The van der Waals surface area contributed by atoms with E-state index in [1.165, 1.54) is 25.2 Å². The predicted octanol–water partition coefficient (Wildman–Crippen LogP) is 3.00. The number of benzene rings is 2. The molecule has 0 bridgehead atoms. The summed E-state index contributed by atoms with van der Waals surface area (Å²) < 4.78 is 27.8. The molecule has 0 saturated heterocycles. The summed E-state index contributed by atoms with van der Waals surface area (Å²) in [5.41, 5.74) is 0.836. The Bertz CT molecular complexity index is 793. The monoisotopic (exact) mass is 383 g/mol. The first kappa shape index (κ1) is 16.3. The number of nitrogens with one attached hydrogen (secondary N) is 3. The number of sulfonamides is 1. The highest BCUT2D eigenvalue weighted by molar-refractivity contribution is 9.10. The Morgan fingerprint density at radius 3 is 2.41 bits per heavy atom. The third-order valence-electron chi connectivity index (χ3n) is 2.71. The zero-order valence-corrected chi connectivity index (χ0v) is 14.0. The Hall–Kier alpha value is -2.06. The first-order valence-corrected chi connectivity index (χ1v) is 8.55. The molecule has 0 aromatic heterocycles. The van der Waals surface area contributed by atoms with E-state index in [-0.39, 0.29) is 10.9 Å². The Labute approximate surface area is 137 Å². The Morgan fingerprint density at radius 2 is 1.73 bits per heavy atom. The molecule has 0 saturated carbocycles. The average Bonchev–Trinajstić information content (AvgIpc) is 2.47. The number of rotatable bonds is 4. The van der Waals surface area contributed by atoms with Gasteiger partial charge in [-0.05, 0) is 36.4 Å². The maximum Gasteiger partial charge on any atom is 0.318 e. The van der Waals surface area contributed by atoms with E-state index in [2.05, 4.69) is 31.3 Å². The van der Waals surface area contributed by atoms with Crippen molar-refractivity contribution in [3.63, 3.8) is 0 Å². The molecule has 0 atom stereocenters. The van der Waals surface area contributed by atoms with Crippen LogP contribution in [0.25, 0.3) is 0 Å². The van der Waals surface area contributed by atoms with Gasteiger partial charge in [0.15, 0.2) is 0 Å². The van der Waals surface area contributed by atoms with Crippen molar-refractivity contribution in [1.29, 1.82) is 0 Å². The van der Waals surface area contributed by atoms with Gasteiger partial charge >= 0.3 is 6.03 Å². The molecule has 0 aliphatic carbocycles. The van der Waals surface area contributed by atoms with E-state index >= 15 is 0 Å². The molecule has 8 heteroatoms. The highest BCUT2D eigenvalue weighted by atomic mass is 79.9. The van der Waals surface area contributed by atoms with E-state index in [1.807, 2.05) is 0 Å². The number of hydrogen-bond acceptors (Lipinski definition) is 3. The summed E-state index contributed by atoms with van der Waals surface area (Å²) in [6, 6.07) is 12.4. The van der Waals surface area contributed by atoms with Crippen LogP contribution in [0.2, 0.25) is 0 Å². The number of anilines is 2. The lowest BCUT2D eigenvalue weighted by Crippen LogP contribution is -2.24. The number of hydrogen-bond donors (Lipinski definition) is 3. The largest absolute Gasteiger partial charge is 0.341 e. The normalized spacial score (nSPS) is 10.8. The Morgan fingerprint density at radius 1 is 1.05 bits per heavy atom. The third-order valence-corrected chi connectivity index (χ3v) is 4.58. The van der Waals surface area contributed by atoms with Gasteiger partial charge in [-0.2, -0.15) is 0 Å². The van der Waals surface area contributed by atoms with Gasteiger partial charge in [0, 0.05) is 17.2 Å². The first-order valence-electron chi connectivity index (χ1n) is 6.28. The van der Waals surface area contributed by atoms with E-state index in [0.717, 1.165) is 0 Å². The van der Waals surface area contributed by atoms with E-state index in [0.29, 0.717) is 15.8 Å². The molecule has 2 aromatic rings. The number of amides is 2. The average molecular weight is 384 g/mol. The first-order chi connectivity index (χ1) is 10.4. The lowest BCUT2D eigenvalue weighted by Gasteiger charge is -2.10. The molecule has 3 N–H and O–H groups in total. The molecule has 0 spiro atoms. The SMILES string of the molecule is CNC(=O)Nc1cccc(NS(=O)(=O)c2cccc(Br)c2)c1. The lowest BCUT2D eigenvalue weighted by atomic mass is 10.3. The van der Waals surface area contributed by atoms with Gasteiger partial charge in [-0.1, -0.05) is 28.1 Å². The minimum atomic E-state index is -3.69. The van der Waals surface area contributed by atoms with Crippen molar-refractivity contribution < 1.29 is 13.2 Å². The highest BCUT2D eigenvalue weighted by Crippen LogP contribution is 2.21. The van der Waals surface area contributed by atoms with Gasteiger partial charge in [0.2, 0.25) is 0 Å². The number of urea groups is 1. The topological polar surface area (TPSA) is 87.3 Å². The molecule has 22 heavy (non-hydrogen) atoms. The molecule has 0 fully saturated rings. The van der Waals surface area contributed by atoms with Gasteiger partial charge in [0.25, 0.3) is 10.0 Å². The summed E-state index contributed by atoms with van der Waals surface area (Å²) in [4.78, 5) is 11.4. The van der Waals surface area contributed by atoms with Gasteiger partial charge in [-0.15, -0.1) is 0 Å². The Kier molecular flexibility index (Phi) is 5.04. The minimum absolute atomic E-state index is 0.145. The standard InChI is InChI=1S/C14H14BrN3O3S/c1-16-14(19)17-11-5-3-6-12(9-11)18-22(20,21)13-7-2-4-10(15)8-13/h2-9,18H,1H3,(H2,16,17,19). The second-order valence-electron chi connectivity index (χ2n) is 4.35. The third kappa shape index (κ3) is 4.22. The van der Waals surface area contributed by atoms with E-state index in [9.17, 15) is 13.2 Å². The summed E-state index contributed by atoms with van der Waals surface area (Å²) in [7, 11) is -2.20. The lowest BCUT2D eigenvalue weighted by molar-refractivity contribution is 0.254. The maximum absolute atomic E-state index is 12.3. The van der Waals surface area contributed by atoms with Gasteiger partial charge in [-0.25, -0.2) is 13.2 Å². The van der Waals surface area contributed by atoms with Gasteiger partial charge in [-0.3, -0.25) is 4.72 Å². The summed E-state index contributed by atoms with van der Waals surface area (Å²) in [6.45, 7) is 0. The van der Waals surface area contributed by atoms with Crippen molar-refractivity contribution in [3.05, 3.63) is 53.0 Å². The van der Waals surface area contributed by atoms with Crippen molar-refractivity contribution in [3.8, 4) is 0 Å². The summed E-state index contributed by atoms with van der Waals surface area (Å²) in [5, 5.41) is 4.99. The van der Waals surface area contributed by atoms with Crippen LogP contribution in [-0.2, 0) is 10.0 Å². The van der Waals surface area contributed by atoms with Crippen LogP contribution in [-0.4, -0.2) is 21.5 Å². The molecular weight excluding hydrogens is 370 g/mol. The fraction of sp³-hybridized carbons (Fsp3) is 0.0714. The molecule has 0 heterocycles. The molecule has 116 valence electrons. The summed E-state index contributed by atoms with van der Waals surface area (Å²) in [5.74, 6) is 0. The Balaban J connectivity index is 2.23. The molecule has 0 aliphatic heterocycles.